The molecule has 2 aromatic rings. The summed E-state index contributed by atoms with van der Waals surface area (Å²) in [5.41, 5.74) is 12.5. The van der Waals surface area contributed by atoms with Crippen LogP contribution in [0, 0.1) is 5.92 Å². The van der Waals surface area contributed by atoms with Gasteiger partial charge in [0.2, 0.25) is 35.4 Å². The highest BCUT2D eigenvalue weighted by Crippen LogP contribution is 2.22. The molecule has 0 spiro atoms. The van der Waals surface area contributed by atoms with Gasteiger partial charge in [0.05, 0.1) is 6.10 Å². The number of aliphatic hydroxyl groups excluding tert-OH is 1. The van der Waals surface area contributed by atoms with Gasteiger partial charge >= 0.3 is 0 Å². The van der Waals surface area contributed by atoms with Gasteiger partial charge in [-0.2, -0.15) is 0 Å². The Morgan fingerprint density at radius 2 is 1.64 bits per heavy atom. The molecule has 6 amide bonds. The molecule has 2 heterocycles. The highest BCUT2D eigenvalue weighted by atomic mass is 16.3. The van der Waals surface area contributed by atoms with Gasteiger partial charge in [0.1, 0.15) is 30.2 Å². The van der Waals surface area contributed by atoms with E-state index in [1.807, 2.05) is 31.2 Å². The lowest BCUT2D eigenvalue weighted by Crippen LogP contribution is -2.61. The predicted molar refractivity (Wildman–Crippen MR) is 200 cm³/mol. The molecule has 1 aliphatic rings. The number of aromatic amines is 1. The van der Waals surface area contributed by atoms with Crippen LogP contribution in [0.25, 0.3) is 10.9 Å². The normalized spacial score (nSPS) is 17.4. The van der Waals surface area contributed by atoms with Crippen LogP contribution in [0.2, 0.25) is 0 Å². The first-order chi connectivity index (χ1) is 25.2. The van der Waals surface area contributed by atoms with Gasteiger partial charge in [-0.15, -0.1) is 0 Å². The standard InChI is InChI=1S/C36H56N10O7/c1-6-20(3)29(33(51)43-26(14-10-16-40-36(37)38)35(53)46-17-11-15-28(46)32(50)39-7-2)45-31(49)27(44-34(52)30(21(4)47)42-22(5)48)18-23-19-41-25-13-9-8-12-24(23)25/h8-9,12-13,19-21,26-30,41,47H,6-7,10-11,14-18H2,1-5H3,(H,39,50)(H,42,48)(H,43,51)(H,44,52)(H,45,49)(H4,37,38,40)/t20-,21+,26-,27-,28-,29+,30-/m0/s1. The number of guanidine groups is 1. The number of nitrogens with two attached hydrogens (primary N) is 2. The minimum atomic E-state index is -1.35. The Labute approximate surface area is 309 Å². The van der Waals surface area contributed by atoms with E-state index >= 15 is 0 Å². The molecule has 0 bridgehead atoms. The molecular formula is C36H56N10O7. The Hall–Kier alpha value is -5.19. The van der Waals surface area contributed by atoms with Crippen molar-refractivity contribution in [2.45, 2.75) is 109 Å². The summed E-state index contributed by atoms with van der Waals surface area (Å²) in [6.07, 6.45) is 2.52. The second-order valence-electron chi connectivity index (χ2n) is 13.5. The molecule has 7 atom stereocenters. The van der Waals surface area contributed by atoms with E-state index in [2.05, 4.69) is 36.6 Å². The van der Waals surface area contributed by atoms with Gasteiger partial charge in [-0.05, 0) is 57.1 Å². The molecule has 0 aliphatic carbocycles. The number of aliphatic hydroxyl groups is 1. The molecule has 0 unspecified atom stereocenters. The topological polar surface area (TPSA) is 266 Å². The summed E-state index contributed by atoms with van der Waals surface area (Å²) in [5, 5.41) is 24.6. The third-order valence-corrected chi connectivity index (χ3v) is 9.40. The minimum absolute atomic E-state index is 0.00507. The zero-order chi connectivity index (χ0) is 39.2. The van der Waals surface area contributed by atoms with Crippen LogP contribution in [0.15, 0.2) is 35.5 Å². The molecule has 0 radical (unpaired) electrons. The first-order valence-corrected chi connectivity index (χ1v) is 18.2. The highest BCUT2D eigenvalue weighted by Gasteiger charge is 2.39. The number of H-pyrrole nitrogens is 1. The number of aliphatic imine (C=N–C) groups is 1. The Morgan fingerprint density at radius 1 is 0.962 bits per heavy atom. The number of fused-ring (bicyclic) bond motifs is 1. The number of amides is 6. The maximum atomic E-state index is 14.2. The molecule has 1 aliphatic heterocycles. The third kappa shape index (κ3) is 11.9. The van der Waals surface area contributed by atoms with Crippen molar-refractivity contribution in [3.05, 3.63) is 36.0 Å². The number of aromatic nitrogens is 1. The van der Waals surface area contributed by atoms with E-state index in [0.29, 0.717) is 44.3 Å². The number of hydrogen-bond acceptors (Lipinski definition) is 8. The number of carbonyl (C=O) groups excluding carboxylic acids is 6. The fourth-order valence-electron chi connectivity index (χ4n) is 6.39. The lowest BCUT2D eigenvalue weighted by Gasteiger charge is -2.31. The van der Waals surface area contributed by atoms with Gasteiger partial charge in [0.25, 0.3) is 0 Å². The van der Waals surface area contributed by atoms with Crippen LogP contribution in [-0.2, 0) is 35.2 Å². The molecule has 53 heavy (non-hydrogen) atoms. The van der Waals surface area contributed by atoms with Crippen molar-refractivity contribution in [2.75, 3.05) is 19.6 Å². The number of benzene rings is 1. The zero-order valence-corrected chi connectivity index (χ0v) is 31.2. The fourth-order valence-corrected chi connectivity index (χ4v) is 6.39. The lowest BCUT2D eigenvalue weighted by molar-refractivity contribution is -0.142. The molecule has 17 heteroatoms. The molecular weight excluding hydrogens is 684 g/mol. The molecule has 0 saturated carbocycles. The number of para-hydroxylation sites is 1. The number of likely N-dealkylation sites (tertiary alicyclic amines) is 1. The Balaban J connectivity index is 1.91. The number of likely N-dealkylation sites (N-methyl/N-ethyl adjacent to an activating group) is 1. The van der Waals surface area contributed by atoms with Gasteiger partial charge in [0.15, 0.2) is 5.96 Å². The SMILES string of the molecule is CCNC(=O)[C@@H]1CCCN1C(=O)[C@H](CCCN=C(N)N)NC(=O)[C@H](NC(=O)[C@H](Cc1c[nH]c2ccccc12)NC(=O)[C@@H](NC(C)=O)[C@@H](C)O)[C@@H](C)CC. The van der Waals surface area contributed by atoms with E-state index in [4.69, 9.17) is 11.5 Å². The van der Waals surface area contributed by atoms with E-state index in [1.165, 1.54) is 18.7 Å². The van der Waals surface area contributed by atoms with Crippen molar-refractivity contribution in [1.29, 1.82) is 0 Å². The summed E-state index contributed by atoms with van der Waals surface area (Å²) in [6.45, 7) is 8.91. The molecule has 1 fully saturated rings. The maximum absolute atomic E-state index is 14.2. The van der Waals surface area contributed by atoms with Crippen LogP contribution < -0.4 is 38.1 Å². The van der Waals surface area contributed by atoms with Crippen LogP contribution in [0.5, 0.6) is 0 Å². The van der Waals surface area contributed by atoms with Crippen LogP contribution in [0.4, 0.5) is 0 Å². The van der Waals surface area contributed by atoms with Crippen molar-refractivity contribution in [3.63, 3.8) is 0 Å². The molecule has 1 saturated heterocycles. The summed E-state index contributed by atoms with van der Waals surface area (Å²) < 4.78 is 0. The maximum Gasteiger partial charge on any atom is 0.245 e. The van der Waals surface area contributed by atoms with Crippen molar-refractivity contribution in [3.8, 4) is 0 Å². The van der Waals surface area contributed by atoms with Crippen LogP contribution in [-0.4, -0.2) is 112 Å². The first kappa shape index (κ1) is 42.2. The van der Waals surface area contributed by atoms with Crippen LogP contribution >= 0.6 is 0 Å². The largest absolute Gasteiger partial charge is 0.391 e. The molecule has 11 N–H and O–H groups in total. The van der Waals surface area contributed by atoms with Crippen LogP contribution in [0.3, 0.4) is 0 Å². The third-order valence-electron chi connectivity index (χ3n) is 9.40. The van der Waals surface area contributed by atoms with E-state index in [1.54, 1.807) is 20.0 Å². The van der Waals surface area contributed by atoms with Crippen molar-refractivity contribution < 1.29 is 33.9 Å². The molecule has 17 nitrogen and oxygen atoms in total. The summed E-state index contributed by atoms with van der Waals surface area (Å²) in [6, 6.07) is 1.97. The van der Waals surface area contributed by atoms with Crippen LogP contribution in [0.1, 0.15) is 72.3 Å². The van der Waals surface area contributed by atoms with Crippen molar-refractivity contribution in [1.82, 2.24) is 36.5 Å². The smallest absolute Gasteiger partial charge is 0.245 e. The van der Waals surface area contributed by atoms with Gasteiger partial charge < -0.3 is 53.0 Å². The Bertz CT molecular complexity index is 1620. The number of rotatable bonds is 19. The van der Waals surface area contributed by atoms with Gasteiger partial charge in [-0.1, -0.05) is 38.5 Å². The molecule has 1 aromatic heterocycles. The van der Waals surface area contributed by atoms with Crippen molar-refractivity contribution >= 4 is 52.3 Å². The second-order valence-corrected chi connectivity index (χ2v) is 13.5. The minimum Gasteiger partial charge on any atom is -0.391 e. The van der Waals surface area contributed by atoms with E-state index < -0.39 is 71.8 Å². The lowest BCUT2D eigenvalue weighted by atomic mass is 9.96. The summed E-state index contributed by atoms with van der Waals surface area (Å²) in [5.74, 6) is -3.89. The summed E-state index contributed by atoms with van der Waals surface area (Å²) in [7, 11) is 0. The van der Waals surface area contributed by atoms with E-state index in [9.17, 15) is 33.9 Å². The monoisotopic (exact) mass is 740 g/mol. The Morgan fingerprint density at radius 3 is 2.28 bits per heavy atom. The van der Waals surface area contributed by atoms with Crippen molar-refractivity contribution in [2.24, 2.45) is 22.4 Å². The van der Waals surface area contributed by atoms with Gasteiger partial charge in [0, 0.05) is 50.1 Å². The molecule has 3 rings (SSSR count). The average molecular weight is 741 g/mol. The van der Waals surface area contributed by atoms with E-state index in [0.717, 1.165) is 10.9 Å². The highest BCUT2D eigenvalue weighted by molar-refractivity contribution is 5.97. The predicted octanol–water partition coefficient (Wildman–Crippen LogP) is -0.723. The summed E-state index contributed by atoms with van der Waals surface area (Å²) >= 11 is 0. The van der Waals surface area contributed by atoms with Gasteiger partial charge in [-0.3, -0.25) is 33.8 Å². The number of nitrogens with one attached hydrogen (secondary N) is 6. The molecule has 292 valence electrons. The summed E-state index contributed by atoms with van der Waals surface area (Å²) in [4.78, 5) is 88.9. The van der Waals surface area contributed by atoms with Gasteiger partial charge in [-0.25, -0.2) is 0 Å². The number of nitrogens with zero attached hydrogens (tertiary/aromatic N) is 2. The van der Waals surface area contributed by atoms with E-state index in [-0.39, 0.29) is 31.3 Å². The second kappa shape index (κ2) is 20.2. The average Bonchev–Trinajstić information content (AvgIpc) is 3.77. The molecule has 1 aromatic carbocycles. The quantitative estimate of drug-likeness (QED) is 0.0499. The zero-order valence-electron chi connectivity index (χ0n) is 31.2. The number of hydrogen-bond donors (Lipinski definition) is 9. The number of carbonyl (C=O) groups is 6. The Kier molecular flexibility index (Phi) is 16.1. The first-order valence-electron chi connectivity index (χ1n) is 18.2. The fraction of sp³-hybridized carbons (Fsp3) is 0.583.